The topological polar surface area (TPSA) is 50.4 Å². The Hall–Kier alpha value is -2.56. The summed E-state index contributed by atoms with van der Waals surface area (Å²) in [5.41, 5.74) is 2.16. The van der Waals surface area contributed by atoms with Gasteiger partial charge in [0.1, 0.15) is 0 Å². The van der Waals surface area contributed by atoms with Crippen molar-refractivity contribution in [1.29, 1.82) is 0 Å². The zero-order chi connectivity index (χ0) is 15.2. The Morgan fingerprint density at radius 1 is 1.24 bits per heavy atom. The summed E-state index contributed by atoms with van der Waals surface area (Å²) in [6.45, 7) is 0.456. The molecule has 0 fully saturated rings. The maximum absolute atomic E-state index is 13.6. The second-order valence-electron chi connectivity index (χ2n) is 4.48. The van der Waals surface area contributed by atoms with Crippen LogP contribution in [0.15, 0.2) is 42.5 Å². The number of hydrogen-bond donors (Lipinski definition) is 2. The number of halogens is 1. The molecule has 21 heavy (non-hydrogen) atoms. The number of hydrogen-bond acceptors (Lipinski definition) is 3. The molecule has 0 heterocycles. The predicted molar refractivity (Wildman–Crippen MR) is 80.1 cm³/mol. The van der Waals surface area contributed by atoms with E-state index in [1.165, 1.54) is 13.2 Å². The lowest BCUT2D eigenvalue weighted by Crippen LogP contribution is -2.17. The van der Waals surface area contributed by atoms with Crippen LogP contribution in [0.2, 0.25) is 0 Å². The Kier molecular flexibility index (Phi) is 4.77. The second-order valence-corrected chi connectivity index (χ2v) is 4.48. The molecule has 2 N–H and O–H groups in total. The van der Waals surface area contributed by atoms with Crippen molar-refractivity contribution >= 4 is 11.6 Å². The molecule has 2 aromatic rings. The molecule has 4 nitrogen and oxygen atoms in total. The van der Waals surface area contributed by atoms with Crippen LogP contribution >= 0.6 is 0 Å². The van der Waals surface area contributed by atoms with E-state index < -0.39 is 5.82 Å². The highest BCUT2D eigenvalue weighted by molar-refractivity contribution is 5.94. The lowest BCUT2D eigenvalue weighted by atomic mass is 10.1. The number of nitrogens with one attached hydrogen (secondary N) is 2. The van der Waals surface area contributed by atoms with E-state index in [9.17, 15) is 9.18 Å². The van der Waals surface area contributed by atoms with Gasteiger partial charge in [0.15, 0.2) is 11.6 Å². The molecule has 0 aliphatic rings. The first kappa shape index (κ1) is 14.8. The molecule has 0 radical (unpaired) electrons. The van der Waals surface area contributed by atoms with Gasteiger partial charge in [-0.05, 0) is 35.9 Å². The van der Waals surface area contributed by atoms with Crippen molar-refractivity contribution in [2.45, 2.75) is 6.54 Å². The number of ether oxygens (including phenoxy) is 1. The maximum atomic E-state index is 13.6. The summed E-state index contributed by atoms with van der Waals surface area (Å²) in [6.07, 6.45) is 0. The molecular formula is C16H17FN2O2. The average Bonchev–Trinajstić information content (AvgIpc) is 2.52. The van der Waals surface area contributed by atoms with E-state index in [4.69, 9.17) is 4.74 Å². The van der Waals surface area contributed by atoms with Gasteiger partial charge in [-0.15, -0.1) is 0 Å². The van der Waals surface area contributed by atoms with Gasteiger partial charge in [-0.25, -0.2) is 4.39 Å². The minimum absolute atomic E-state index is 0.144. The van der Waals surface area contributed by atoms with E-state index in [1.54, 1.807) is 37.4 Å². The van der Waals surface area contributed by atoms with Crippen molar-refractivity contribution in [3.63, 3.8) is 0 Å². The van der Waals surface area contributed by atoms with Crippen LogP contribution in [-0.2, 0) is 6.54 Å². The van der Waals surface area contributed by atoms with Crippen molar-refractivity contribution in [3.05, 3.63) is 59.4 Å². The molecule has 0 bridgehead atoms. The number of carbonyl (C=O) groups excluding carboxylic acids is 1. The Morgan fingerprint density at radius 3 is 2.71 bits per heavy atom. The smallest absolute Gasteiger partial charge is 0.251 e. The highest BCUT2D eigenvalue weighted by Gasteiger charge is 2.05. The highest BCUT2D eigenvalue weighted by Crippen LogP contribution is 2.19. The Balaban J connectivity index is 2.06. The van der Waals surface area contributed by atoms with Crippen molar-refractivity contribution < 1.29 is 13.9 Å². The molecule has 0 aromatic heterocycles. The zero-order valence-electron chi connectivity index (χ0n) is 11.9. The molecule has 0 atom stereocenters. The summed E-state index contributed by atoms with van der Waals surface area (Å²) < 4.78 is 18.5. The van der Waals surface area contributed by atoms with E-state index in [2.05, 4.69) is 10.6 Å². The van der Waals surface area contributed by atoms with Gasteiger partial charge in [0, 0.05) is 24.8 Å². The first-order chi connectivity index (χ1) is 10.1. The first-order valence-corrected chi connectivity index (χ1v) is 6.52. The molecule has 110 valence electrons. The van der Waals surface area contributed by atoms with Gasteiger partial charge in [0.25, 0.3) is 5.91 Å². The van der Waals surface area contributed by atoms with Crippen LogP contribution < -0.4 is 15.4 Å². The number of rotatable bonds is 5. The van der Waals surface area contributed by atoms with E-state index in [1.807, 2.05) is 6.07 Å². The molecular weight excluding hydrogens is 271 g/mol. The summed E-state index contributed by atoms with van der Waals surface area (Å²) in [4.78, 5) is 11.6. The fraction of sp³-hybridized carbons (Fsp3) is 0.188. The van der Waals surface area contributed by atoms with Crippen molar-refractivity contribution in [2.75, 3.05) is 19.5 Å². The lowest BCUT2D eigenvalue weighted by molar-refractivity contribution is 0.0963. The second kappa shape index (κ2) is 6.74. The normalized spacial score (nSPS) is 10.0. The molecule has 0 aliphatic carbocycles. The third kappa shape index (κ3) is 3.72. The van der Waals surface area contributed by atoms with Crippen LogP contribution in [0.4, 0.5) is 10.1 Å². The summed E-state index contributed by atoms with van der Waals surface area (Å²) >= 11 is 0. The Morgan fingerprint density at radius 2 is 2.05 bits per heavy atom. The van der Waals surface area contributed by atoms with Gasteiger partial charge in [0.2, 0.25) is 0 Å². The number of anilines is 1. The fourth-order valence-electron chi connectivity index (χ4n) is 1.94. The molecule has 0 saturated heterocycles. The highest BCUT2D eigenvalue weighted by atomic mass is 19.1. The predicted octanol–water partition coefficient (Wildman–Crippen LogP) is 2.81. The maximum Gasteiger partial charge on any atom is 0.251 e. The summed E-state index contributed by atoms with van der Waals surface area (Å²) in [5.74, 6) is -0.314. The van der Waals surface area contributed by atoms with Gasteiger partial charge in [-0.2, -0.15) is 0 Å². The zero-order valence-corrected chi connectivity index (χ0v) is 11.9. The standard InChI is InChI=1S/C16H17FN2O2/c1-18-16(20)12-4-3-5-13(9-12)19-10-11-6-7-15(21-2)14(17)8-11/h3-9,19H,10H2,1-2H3,(H,18,20). The van der Waals surface area contributed by atoms with Gasteiger partial charge in [-0.1, -0.05) is 12.1 Å². The lowest BCUT2D eigenvalue weighted by Gasteiger charge is -2.09. The monoisotopic (exact) mass is 288 g/mol. The molecule has 2 aromatic carbocycles. The van der Waals surface area contributed by atoms with Crippen LogP contribution in [-0.4, -0.2) is 20.1 Å². The number of carbonyl (C=O) groups is 1. The molecule has 0 unspecified atom stereocenters. The van der Waals surface area contributed by atoms with Crippen molar-refractivity contribution in [3.8, 4) is 5.75 Å². The number of amides is 1. The number of benzene rings is 2. The summed E-state index contributed by atoms with van der Waals surface area (Å²) in [7, 11) is 3.02. The molecule has 0 saturated carbocycles. The SMILES string of the molecule is CNC(=O)c1cccc(NCc2ccc(OC)c(F)c2)c1. The Labute approximate surface area is 122 Å². The van der Waals surface area contributed by atoms with Gasteiger partial charge in [-0.3, -0.25) is 4.79 Å². The van der Waals surface area contributed by atoms with Gasteiger partial charge >= 0.3 is 0 Å². The minimum atomic E-state index is -0.393. The Bertz CT molecular complexity index is 644. The van der Waals surface area contributed by atoms with E-state index >= 15 is 0 Å². The van der Waals surface area contributed by atoms with Crippen molar-refractivity contribution in [1.82, 2.24) is 5.32 Å². The molecule has 2 rings (SSSR count). The minimum Gasteiger partial charge on any atom is -0.494 e. The third-order valence-electron chi connectivity index (χ3n) is 3.06. The van der Waals surface area contributed by atoms with Gasteiger partial charge in [0.05, 0.1) is 7.11 Å². The van der Waals surface area contributed by atoms with Crippen molar-refractivity contribution in [2.24, 2.45) is 0 Å². The van der Waals surface area contributed by atoms with Gasteiger partial charge < -0.3 is 15.4 Å². The third-order valence-corrected chi connectivity index (χ3v) is 3.06. The quantitative estimate of drug-likeness (QED) is 0.889. The van der Waals surface area contributed by atoms with E-state index in [0.717, 1.165) is 11.3 Å². The molecule has 5 heteroatoms. The average molecular weight is 288 g/mol. The fourth-order valence-corrected chi connectivity index (χ4v) is 1.94. The van der Waals surface area contributed by atoms with Crippen LogP contribution in [0.1, 0.15) is 15.9 Å². The van der Waals surface area contributed by atoms with Crippen LogP contribution in [0, 0.1) is 5.82 Å². The number of methoxy groups -OCH3 is 1. The molecule has 1 amide bonds. The molecule has 0 aliphatic heterocycles. The van der Waals surface area contributed by atoms with E-state index in [-0.39, 0.29) is 11.7 Å². The summed E-state index contributed by atoms with van der Waals surface area (Å²) in [5, 5.41) is 5.73. The van der Waals surface area contributed by atoms with Crippen LogP contribution in [0.5, 0.6) is 5.75 Å². The largest absolute Gasteiger partial charge is 0.494 e. The van der Waals surface area contributed by atoms with Crippen LogP contribution in [0.25, 0.3) is 0 Å². The molecule has 0 spiro atoms. The summed E-state index contributed by atoms with van der Waals surface area (Å²) in [6, 6.07) is 11.9. The van der Waals surface area contributed by atoms with Crippen LogP contribution in [0.3, 0.4) is 0 Å². The van der Waals surface area contributed by atoms with E-state index in [0.29, 0.717) is 12.1 Å². The first-order valence-electron chi connectivity index (χ1n) is 6.52.